The van der Waals surface area contributed by atoms with Gasteiger partial charge in [0.25, 0.3) is 0 Å². The van der Waals surface area contributed by atoms with Crippen LogP contribution in [-0.2, 0) is 0 Å². The van der Waals surface area contributed by atoms with Crippen molar-refractivity contribution in [2.45, 2.75) is 225 Å². The SMILES string of the molecule is C\C=C(C)/C(SCCC(C)CC)=C(CC)/C(C)=C1\CCCC\C1=C(CCC)/C(CC)=C(C)/C(CCCCCC)=C(CC)/C(C)=C(/C(C)=C\CCC)C1CC1. The molecule has 306 valence electrons. The second-order valence-corrected chi connectivity index (χ2v) is 18.0. The van der Waals surface area contributed by atoms with Gasteiger partial charge in [-0.3, -0.25) is 0 Å². The van der Waals surface area contributed by atoms with E-state index in [0.717, 1.165) is 31.1 Å². The molecule has 1 unspecified atom stereocenters. The van der Waals surface area contributed by atoms with Crippen molar-refractivity contribution in [3.63, 3.8) is 0 Å². The van der Waals surface area contributed by atoms with Gasteiger partial charge >= 0.3 is 0 Å². The van der Waals surface area contributed by atoms with Crippen LogP contribution in [0.4, 0.5) is 0 Å². The average molecular weight is 757 g/mol. The predicted molar refractivity (Wildman–Crippen MR) is 250 cm³/mol. The fraction of sp³-hybridized carbons (Fsp3) is 0.698. The normalized spacial score (nSPS) is 20.3. The first kappa shape index (κ1) is 48.4. The van der Waals surface area contributed by atoms with Crippen molar-refractivity contribution in [1.82, 2.24) is 0 Å². The molecular formula is C53H88S. The molecule has 0 nitrogen and oxygen atoms in total. The Kier molecular flexibility index (Phi) is 23.5. The van der Waals surface area contributed by atoms with Crippen LogP contribution in [0.5, 0.6) is 0 Å². The second-order valence-electron chi connectivity index (χ2n) is 16.9. The minimum absolute atomic E-state index is 0.761. The molecule has 2 aliphatic rings. The molecule has 0 amide bonds. The highest BCUT2D eigenvalue weighted by molar-refractivity contribution is 8.03. The highest BCUT2D eigenvalue weighted by Gasteiger charge is 2.30. The predicted octanol–water partition coefficient (Wildman–Crippen LogP) is 18.6. The fourth-order valence-corrected chi connectivity index (χ4v) is 10.7. The summed E-state index contributed by atoms with van der Waals surface area (Å²) in [7, 11) is 0. The average Bonchev–Trinajstić information content (AvgIpc) is 4.02. The standard InChI is InChI=1S/C53H88S/c1-15-23-25-26-31-48(46(21-7)43(14)52(44-34-35-44)40(11)30-24-16-2)41(12)45(20-6)50(29-17-3)51-33-28-27-32-49(51)42(13)47(22-8)53(39(10)19-5)54-37-36-38(9)18-4/h19,30,38,44H,15-18,20-29,31-37H2,1-14H3/b39-19-,40-30-,45-41+,48-46+,49-42+,51-50+,52-43-,53-47-. The van der Waals surface area contributed by atoms with E-state index in [9.17, 15) is 0 Å². The van der Waals surface area contributed by atoms with E-state index in [1.807, 2.05) is 0 Å². The first-order valence-corrected chi connectivity index (χ1v) is 24.2. The van der Waals surface area contributed by atoms with E-state index in [-0.39, 0.29) is 0 Å². The zero-order valence-corrected chi connectivity index (χ0v) is 39.4. The van der Waals surface area contributed by atoms with Crippen molar-refractivity contribution < 1.29 is 0 Å². The molecule has 0 aliphatic heterocycles. The van der Waals surface area contributed by atoms with Crippen LogP contribution in [0.3, 0.4) is 0 Å². The van der Waals surface area contributed by atoms with Crippen molar-refractivity contribution >= 4 is 11.8 Å². The zero-order chi connectivity index (χ0) is 40.2. The van der Waals surface area contributed by atoms with Gasteiger partial charge in [-0.25, -0.2) is 0 Å². The largest absolute Gasteiger partial charge is 0.126 e. The Bertz CT molecular complexity index is 1440. The molecule has 54 heavy (non-hydrogen) atoms. The van der Waals surface area contributed by atoms with Gasteiger partial charge in [0.15, 0.2) is 0 Å². The van der Waals surface area contributed by atoms with E-state index in [2.05, 4.69) is 121 Å². The molecule has 0 aromatic carbocycles. The van der Waals surface area contributed by atoms with Crippen LogP contribution in [0.15, 0.2) is 89.5 Å². The molecule has 0 heterocycles. The Morgan fingerprint density at radius 2 is 1.33 bits per heavy atom. The van der Waals surface area contributed by atoms with Crippen molar-refractivity contribution in [3.05, 3.63) is 89.5 Å². The third-order valence-electron chi connectivity index (χ3n) is 12.8. The lowest BCUT2D eigenvalue weighted by molar-refractivity contribution is 0.549. The Hall–Kier alpha value is -1.73. The fourth-order valence-electron chi connectivity index (χ4n) is 9.12. The van der Waals surface area contributed by atoms with Gasteiger partial charge in [0.1, 0.15) is 0 Å². The van der Waals surface area contributed by atoms with E-state index in [4.69, 9.17) is 0 Å². The molecule has 0 radical (unpaired) electrons. The summed E-state index contributed by atoms with van der Waals surface area (Å²) < 4.78 is 0. The van der Waals surface area contributed by atoms with Gasteiger partial charge in [-0.05, 0) is 216 Å². The maximum atomic E-state index is 2.54. The molecule has 0 bridgehead atoms. The zero-order valence-electron chi connectivity index (χ0n) is 38.6. The molecule has 1 heteroatoms. The first-order valence-electron chi connectivity index (χ1n) is 23.2. The van der Waals surface area contributed by atoms with Gasteiger partial charge in [-0.2, -0.15) is 0 Å². The van der Waals surface area contributed by atoms with E-state index in [0.29, 0.717) is 0 Å². The van der Waals surface area contributed by atoms with E-state index < -0.39 is 0 Å². The molecule has 0 saturated heterocycles. The number of hydrogen-bond donors (Lipinski definition) is 0. The third-order valence-corrected chi connectivity index (χ3v) is 14.1. The quantitative estimate of drug-likeness (QED) is 0.0698. The van der Waals surface area contributed by atoms with Crippen molar-refractivity contribution in [3.8, 4) is 0 Å². The number of thioether (sulfide) groups is 1. The summed E-state index contributed by atoms with van der Waals surface area (Å²) in [6, 6.07) is 0. The molecule has 2 rings (SSSR count). The lowest BCUT2D eigenvalue weighted by atomic mass is 9.76. The minimum atomic E-state index is 0.761. The Labute approximate surface area is 342 Å². The molecular weight excluding hydrogens is 669 g/mol. The summed E-state index contributed by atoms with van der Waals surface area (Å²) in [6.45, 7) is 33.7. The van der Waals surface area contributed by atoms with Gasteiger partial charge in [0.05, 0.1) is 0 Å². The molecule has 2 fully saturated rings. The van der Waals surface area contributed by atoms with Crippen LogP contribution in [0.25, 0.3) is 0 Å². The highest BCUT2D eigenvalue weighted by Crippen LogP contribution is 2.46. The molecule has 0 aromatic heterocycles. The second kappa shape index (κ2) is 26.2. The highest BCUT2D eigenvalue weighted by atomic mass is 32.2. The Morgan fingerprint density at radius 1 is 0.685 bits per heavy atom. The van der Waals surface area contributed by atoms with Gasteiger partial charge in [0, 0.05) is 4.91 Å². The monoisotopic (exact) mass is 757 g/mol. The summed E-state index contributed by atoms with van der Waals surface area (Å²) in [4.78, 5) is 1.56. The summed E-state index contributed by atoms with van der Waals surface area (Å²) >= 11 is 2.13. The van der Waals surface area contributed by atoms with E-state index >= 15 is 0 Å². The van der Waals surface area contributed by atoms with Crippen LogP contribution in [0, 0.1) is 11.8 Å². The van der Waals surface area contributed by atoms with Crippen LogP contribution in [-0.4, -0.2) is 5.75 Å². The Morgan fingerprint density at radius 3 is 1.87 bits per heavy atom. The summed E-state index contributed by atoms with van der Waals surface area (Å²) in [6.07, 6.45) is 29.9. The van der Waals surface area contributed by atoms with Crippen LogP contribution in [0.2, 0.25) is 0 Å². The minimum Gasteiger partial charge on any atom is -0.126 e. The molecule has 0 spiro atoms. The lowest BCUT2D eigenvalue weighted by Crippen LogP contribution is -2.10. The summed E-state index contributed by atoms with van der Waals surface area (Å²) in [5.74, 6) is 2.77. The number of hydrogen-bond acceptors (Lipinski definition) is 1. The number of rotatable bonds is 24. The number of unbranched alkanes of at least 4 members (excludes halogenated alkanes) is 4. The summed E-state index contributed by atoms with van der Waals surface area (Å²) in [5.41, 5.74) is 21.3. The maximum Gasteiger partial charge on any atom is 0.0133 e. The summed E-state index contributed by atoms with van der Waals surface area (Å²) in [5, 5.41) is 0. The van der Waals surface area contributed by atoms with Crippen LogP contribution >= 0.6 is 11.8 Å². The van der Waals surface area contributed by atoms with Crippen LogP contribution in [0.1, 0.15) is 225 Å². The van der Waals surface area contributed by atoms with E-state index in [1.54, 1.807) is 71.8 Å². The first-order chi connectivity index (χ1) is 26.0. The topological polar surface area (TPSA) is 0 Å². The van der Waals surface area contributed by atoms with E-state index in [1.165, 1.54) is 120 Å². The van der Waals surface area contributed by atoms with Gasteiger partial charge in [-0.1, -0.05) is 112 Å². The maximum absolute atomic E-state index is 2.54. The third kappa shape index (κ3) is 14.0. The van der Waals surface area contributed by atoms with Gasteiger partial charge in [0.2, 0.25) is 0 Å². The molecule has 1 atom stereocenters. The van der Waals surface area contributed by atoms with Crippen LogP contribution < -0.4 is 0 Å². The van der Waals surface area contributed by atoms with Gasteiger partial charge < -0.3 is 0 Å². The molecule has 2 saturated carbocycles. The van der Waals surface area contributed by atoms with Gasteiger partial charge in [-0.15, -0.1) is 11.8 Å². The van der Waals surface area contributed by atoms with Crippen molar-refractivity contribution in [2.24, 2.45) is 11.8 Å². The lowest BCUT2D eigenvalue weighted by Gasteiger charge is -2.29. The smallest absolute Gasteiger partial charge is 0.0133 e. The number of allylic oxidation sites excluding steroid dienone is 15. The Balaban J connectivity index is 3.01. The van der Waals surface area contributed by atoms with Crippen molar-refractivity contribution in [2.75, 3.05) is 5.75 Å². The molecule has 0 aromatic rings. The molecule has 0 N–H and O–H groups in total. The van der Waals surface area contributed by atoms with Crippen molar-refractivity contribution in [1.29, 1.82) is 0 Å². The molecule has 2 aliphatic carbocycles.